The number of nitrogens with zero attached hydrogens (tertiary/aromatic N) is 2. The van der Waals surface area contributed by atoms with Gasteiger partial charge in [-0.05, 0) is 20.8 Å². The van der Waals surface area contributed by atoms with Gasteiger partial charge in [0.2, 0.25) is 5.91 Å². The molecule has 0 aliphatic heterocycles. The Bertz CT molecular complexity index is 517. The first kappa shape index (κ1) is 17.9. The normalized spacial score (nSPS) is 13.0. The molecule has 1 atom stereocenters. The molecule has 0 aromatic carbocycles. The highest BCUT2D eigenvalue weighted by Gasteiger charge is 2.32. The van der Waals surface area contributed by atoms with Crippen molar-refractivity contribution in [2.75, 3.05) is 11.4 Å². The Morgan fingerprint density at radius 1 is 1.57 bits per heavy atom. The third kappa shape index (κ3) is 4.69. The fraction of sp³-hybridized carbons (Fsp3) is 0.615. The van der Waals surface area contributed by atoms with Crippen molar-refractivity contribution in [2.45, 2.75) is 44.2 Å². The third-order valence-electron chi connectivity index (χ3n) is 3.07. The molecule has 0 saturated carbocycles. The molecule has 118 valence electrons. The second-order valence-electron chi connectivity index (χ2n) is 5.09. The lowest BCUT2D eigenvalue weighted by Crippen LogP contribution is -2.46. The molecule has 0 fully saturated rings. The molecule has 1 amide bonds. The van der Waals surface area contributed by atoms with Crippen LogP contribution in [0.25, 0.3) is 0 Å². The van der Waals surface area contributed by atoms with E-state index in [1.165, 1.54) is 30.0 Å². The number of thioether (sulfide) groups is 1. The number of rotatable bonds is 7. The van der Waals surface area contributed by atoms with Crippen molar-refractivity contribution < 1.29 is 14.7 Å². The quantitative estimate of drug-likeness (QED) is 0.792. The SMILES string of the molecule is CCN(C(C)=O)c1nc(CSC(C)(C)[C@H](N)C(=O)O)cs1. The Morgan fingerprint density at radius 2 is 2.19 bits per heavy atom. The molecule has 0 spiro atoms. The summed E-state index contributed by atoms with van der Waals surface area (Å²) >= 11 is 2.85. The number of carboxylic acids is 1. The maximum atomic E-state index is 11.5. The average Bonchev–Trinajstić information content (AvgIpc) is 2.84. The van der Waals surface area contributed by atoms with Gasteiger partial charge in [-0.2, -0.15) is 0 Å². The highest BCUT2D eigenvalue weighted by atomic mass is 32.2. The van der Waals surface area contributed by atoms with Crippen LogP contribution in [0.5, 0.6) is 0 Å². The summed E-state index contributed by atoms with van der Waals surface area (Å²) in [6.07, 6.45) is 0. The van der Waals surface area contributed by atoms with Gasteiger partial charge in [0, 0.05) is 29.3 Å². The summed E-state index contributed by atoms with van der Waals surface area (Å²) in [7, 11) is 0. The van der Waals surface area contributed by atoms with Gasteiger partial charge in [0.05, 0.1) is 5.69 Å². The van der Waals surface area contributed by atoms with E-state index in [2.05, 4.69) is 4.98 Å². The van der Waals surface area contributed by atoms with Gasteiger partial charge in [-0.15, -0.1) is 23.1 Å². The zero-order valence-electron chi connectivity index (χ0n) is 12.6. The van der Waals surface area contributed by atoms with E-state index in [0.717, 1.165) is 5.69 Å². The summed E-state index contributed by atoms with van der Waals surface area (Å²) in [6.45, 7) is 7.58. The first-order chi connectivity index (χ1) is 9.69. The molecule has 1 rings (SSSR count). The first-order valence-corrected chi connectivity index (χ1v) is 8.40. The molecule has 0 saturated heterocycles. The number of aliphatic carboxylic acids is 1. The maximum absolute atomic E-state index is 11.5. The van der Waals surface area contributed by atoms with Crippen molar-refractivity contribution in [3.63, 3.8) is 0 Å². The minimum absolute atomic E-state index is 0.0423. The predicted molar refractivity (Wildman–Crippen MR) is 86.8 cm³/mol. The fourth-order valence-corrected chi connectivity index (χ4v) is 3.61. The average molecular weight is 331 g/mol. The minimum Gasteiger partial charge on any atom is -0.480 e. The molecule has 21 heavy (non-hydrogen) atoms. The van der Waals surface area contributed by atoms with E-state index in [1.54, 1.807) is 18.7 Å². The molecule has 1 aromatic rings. The van der Waals surface area contributed by atoms with E-state index in [0.29, 0.717) is 17.4 Å². The molecule has 3 N–H and O–H groups in total. The number of carboxylic acid groups (broad SMARTS) is 1. The topological polar surface area (TPSA) is 96.5 Å². The monoisotopic (exact) mass is 331 g/mol. The number of nitrogens with two attached hydrogens (primary N) is 1. The Balaban J connectivity index is 2.71. The fourth-order valence-electron chi connectivity index (χ4n) is 1.63. The van der Waals surface area contributed by atoms with E-state index in [1.807, 2.05) is 12.3 Å². The molecule has 0 bridgehead atoms. The lowest BCUT2D eigenvalue weighted by Gasteiger charge is -2.27. The molecular weight excluding hydrogens is 310 g/mol. The number of hydrogen-bond acceptors (Lipinski definition) is 6. The van der Waals surface area contributed by atoms with Gasteiger partial charge in [-0.25, -0.2) is 4.98 Å². The van der Waals surface area contributed by atoms with Crippen LogP contribution in [-0.2, 0) is 15.3 Å². The molecular formula is C13H21N3O3S2. The van der Waals surface area contributed by atoms with Gasteiger partial charge < -0.3 is 10.8 Å². The van der Waals surface area contributed by atoms with E-state index >= 15 is 0 Å². The molecule has 8 heteroatoms. The van der Waals surface area contributed by atoms with Gasteiger partial charge >= 0.3 is 5.97 Å². The van der Waals surface area contributed by atoms with Gasteiger partial charge in [0.15, 0.2) is 5.13 Å². The number of amides is 1. The van der Waals surface area contributed by atoms with Crippen LogP contribution in [0, 0.1) is 0 Å². The van der Waals surface area contributed by atoms with E-state index in [9.17, 15) is 9.59 Å². The Labute approximate surface area is 132 Å². The standard InChI is InChI=1S/C13H21N3O3S2/c1-5-16(8(2)17)12-15-9(6-20-12)7-21-13(3,4)10(14)11(18)19/h6,10H,5,7,14H2,1-4H3,(H,18,19)/t10-/m1/s1. The highest BCUT2D eigenvalue weighted by molar-refractivity contribution is 7.99. The van der Waals surface area contributed by atoms with Crippen LogP contribution in [0.3, 0.4) is 0 Å². The smallest absolute Gasteiger partial charge is 0.321 e. The Kier molecular flexibility index (Phi) is 6.18. The molecule has 1 heterocycles. The molecule has 0 radical (unpaired) electrons. The summed E-state index contributed by atoms with van der Waals surface area (Å²) in [5.74, 6) is -0.501. The van der Waals surface area contributed by atoms with E-state index < -0.39 is 16.8 Å². The number of carbonyl (C=O) groups is 2. The van der Waals surface area contributed by atoms with Crippen molar-refractivity contribution >= 4 is 40.1 Å². The lowest BCUT2D eigenvalue weighted by atomic mass is 10.1. The molecule has 0 aliphatic rings. The summed E-state index contributed by atoms with van der Waals surface area (Å²) < 4.78 is -0.597. The maximum Gasteiger partial charge on any atom is 0.321 e. The van der Waals surface area contributed by atoms with Crippen molar-refractivity contribution in [1.29, 1.82) is 0 Å². The van der Waals surface area contributed by atoms with Crippen LogP contribution in [0.15, 0.2) is 5.38 Å². The molecule has 1 aromatic heterocycles. The van der Waals surface area contributed by atoms with Crippen molar-refractivity contribution in [1.82, 2.24) is 4.98 Å². The van der Waals surface area contributed by atoms with Crippen molar-refractivity contribution in [2.24, 2.45) is 5.73 Å². The zero-order chi connectivity index (χ0) is 16.2. The largest absolute Gasteiger partial charge is 0.480 e. The van der Waals surface area contributed by atoms with E-state index in [-0.39, 0.29) is 5.91 Å². The minimum atomic E-state index is -1.01. The molecule has 0 aliphatic carbocycles. The summed E-state index contributed by atoms with van der Waals surface area (Å²) in [4.78, 5) is 28.5. The Morgan fingerprint density at radius 3 is 2.67 bits per heavy atom. The molecule has 6 nitrogen and oxygen atoms in total. The number of hydrogen-bond donors (Lipinski definition) is 2. The third-order valence-corrected chi connectivity index (χ3v) is 5.42. The van der Waals surface area contributed by atoms with Crippen LogP contribution in [-0.4, -0.2) is 39.3 Å². The highest BCUT2D eigenvalue weighted by Crippen LogP contribution is 2.32. The number of aromatic nitrogens is 1. The number of anilines is 1. The predicted octanol–water partition coefficient (Wildman–Crippen LogP) is 1.94. The van der Waals surface area contributed by atoms with Gasteiger partial charge in [0.25, 0.3) is 0 Å². The van der Waals surface area contributed by atoms with Gasteiger partial charge in [0.1, 0.15) is 6.04 Å². The van der Waals surface area contributed by atoms with Gasteiger partial charge in [-0.3, -0.25) is 14.5 Å². The van der Waals surface area contributed by atoms with Crippen LogP contribution in [0.1, 0.15) is 33.4 Å². The Hall–Kier alpha value is -1.12. The summed E-state index contributed by atoms with van der Waals surface area (Å²) in [6, 6.07) is -0.940. The van der Waals surface area contributed by atoms with Crippen LogP contribution >= 0.6 is 23.1 Å². The zero-order valence-corrected chi connectivity index (χ0v) is 14.3. The summed E-state index contributed by atoms with van der Waals surface area (Å²) in [5, 5.41) is 11.5. The number of thiazole rings is 1. The lowest BCUT2D eigenvalue weighted by molar-refractivity contribution is -0.139. The van der Waals surface area contributed by atoms with E-state index in [4.69, 9.17) is 10.8 Å². The van der Waals surface area contributed by atoms with Crippen LogP contribution in [0.2, 0.25) is 0 Å². The number of carbonyl (C=O) groups excluding carboxylic acids is 1. The van der Waals surface area contributed by atoms with Gasteiger partial charge in [-0.1, -0.05) is 0 Å². The van der Waals surface area contributed by atoms with Crippen LogP contribution < -0.4 is 10.6 Å². The second-order valence-corrected chi connectivity index (χ2v) is 7.56. The van der Waals surface area contributed by atoms with Crippen molar-refractivity contribution in [3.8, 4) is 0 Å². The van der Waals surface area contributed by atoms with Crippen molar-refractivity contribution in [3.05, 3.63) is 11.1 Å². The summed E-state index contributed by atoms with van der Waals surface area (Å²) in [5.41, 5.74) is 6.51. The molecule has 0 unspecified atom stereocenters. The van der Waals surface area contributed by atoms with Crippen LogP contribution in [0.4, 0.5) is 5.13 Å². The first-order valence-electron chi connectivity index (χ1n) is 6.54. The second kappa shape index (κ2) is 7.24.